The molecule has 1 unspecified atom stereocenters. The topological polar surface area (TPSA) is 77.5 Å². The maximum Gasteiger partial charge on any atom is 0.510 e. The number of nitrogens with zero attached hydrogens (tertiary/aromatic N) is 1. The van der Waals surface area contributed by atoms with E-state index in [0.29, 0.717) is 30.8 Å². The fraction of sp³-hybridized carbons (Fsp3) is 0.720. The van der Waals surface area contributed by atoms with Crippen molar-refractivity contribution in [2.24, 2.45) is 11.8 Å². The predicted molar refractivity (Wildman–Crippen MR) is 119 cm³/mol. The van der Waals surface area contributed by atoms with Gasteiger partial charge in [0.05, 0.1) is 13.2 Å². The van der Waals surface area contributed by atoms with E-state index in [0.717, 1.165) is 50.0 Å². The number of carbonyl (C=O) groups is 1. The van der Waals surface area contributed by atoms with E-state index in [1.807, 2.05) is 0 Å². The van der Waals surface area contributed by atoms with Crippen LogP contribution in [0.2, 0.25) is 0 Å². The number of morpholine rings is 1. The van der Waals surface area contributed by atoms with Gasteiger partial charge in [0.2, 0.25) is 0 Å². The van der Waals surface area contributed by atoms with Crippen molar-refractivity contribution in [2.45, 2.75) is 76.3 Å². The third kappa shape index (κ3) is 4.17. The van der Waals surface area contributed by atoms with Crippen molar-refractivity contribution in [3.8, 4) is 5.75 Å². The lowest BCUT2D eigenvalue weighted by atomic mass is 9.63. The van der Waals surface area contributed by atoms with Gasteiger partial charge in [-0.05, 0) is 43.6 Å². The third-order valence-electron chi connectivity index (χ3n) is 7.90. The second kappa shape index (κ2) is 9.48. The minimum Gasteiger partial charge on any atom is -0.450 e. The van der Waals surface area contributed by atoms with Crippen LogP contribution in [0, 0.1) is 11.8 Å². The Bertz CT molecular complexity index is 778. The Morgan fingerprint density at radius 2 is 1.59 bits per heavy atom. The van der Waals surface area contributed by atoms with Crippen LogP contribution in [0.5, 0.6) is 5.75 Å². The van der Waals surface area contributed by atoms with Gasteiger partial charge in [0.1, 0.15) is 11.4 Å². The first-order valence-electron chi connectivity index (χ1n) is 12.4. The van der Waals surface area contributed by atoms with Gasteiger partial charge in [-0.1, -0.05) is 44.6 Å². The Kier molecular flexibility index (Phi) is 6.47. The Balaban J connectivity index is 1.58. The molecule has 7 nitrogen and oxygen atoms in total. The maximum atomic E-state index is 11.5. The van der Waals surface area contributed by atoms with Crippen LogP contribution in [0.4, 0.5) is 10.5 Å². The summed E-state index contributed by atoms with van der Waals surface area (Å²) >= 11 is 0. The Hall–Kier alpha value is -1.99. The molecule has 1 atom stereocenters. The molecule has 1 aromatic carbocycles. The van der Waals surface area contributed by atoms with Crippen LogP contribution in [0.15, 0.2) is 18.2 Å². The smallest absolute Gasteiger partial charge is 0.450 e. The van der Waals surface area contributed by atoms with E-state index >= 15 is 0 Å². The van der Waals surface area contributed by atoms with E-state index in [1.165, 1.54) is 38.5 Å². The molecule has 2 aliphatic carbocycles. The third-order valence-corrected chi connectivity index (χ3v) is 7.90. The zero-order valence-corrected chi connectivity index (χ0v) is 18.8. The van der Waals surface area contributed by atoms with Gasteiger partial charge in [-0.15, -0.1) is 0 Å². The monoisotopic (exact) mass is 445 g/mol. The van der Waals surface area contributed by atoms with Gasteiger partial charge in [0.15, 0.2) is 0 Å². The standard InChI is InChI=1S/C25H35NO6/c27-23(28)31-24-30-22-17-20(26-13-15-29-16-14-26)11-12-21(22)25(32-24,18-7-3-1-4-8-18)19-9-5-2-6-10-19/h11-12,17-19,24H,1-10,13-16H2,(H,27,28). The molecule has 3 fully saturated rings. The van der Waals surface area contributed by atoms with E-state index in [1.54, 1.807) is 0 Å². The summed E-state index contributed by atoms with van der Waals surface area (Å²) < 4.78 is 23.3. The number of hydrogen-bond donors (Lipinski definition) is 1. The molecule has 2 heterocycles. The molecule has 1 saturated heterocycles. The van der Waals surface area contributed by atoms with E-state index < -0.39 is 18.2 Å². The van der Waals surface area contributed by atoms with Crippen LogP contribution < -0.4 is 9.64 Å². The van der Waals surface area contributed by atoms with Crippen molar-refractivity contribution in [1.29, 1.82) is 0 Å². The number of carboxylic acid groups (broad SMARTS) is 1. The molecule has 0 bridgehead atoms. The first-order chi connectivity index (χ1) is 15.7. The van der Waals surface area contributed by atoms with Gasteiger partial charge in [-0.25, -0.2) is 4.79 Å². The Morgan fingerprint density at radius 3 is 2.19 bits per heavy atom. The minimum absolute atomic E-state index is 0.344. The van der Waals surface area contributed by atoms with E-state index in [4.69, 9.17) is 18.9 Å². The predicted octanol–water partition coefficient (Wildman–Crippen LogP) is 5.27. The molecule has 0 spiro atoms. The zero-order chi connectivity index (χ0) is 22.0. The molecule has 0 radical (unpaired) electrons. The van der Waals surface area contributed by atoms with Crippen molar-refractivity contribution in [2.75, 3.05) is 31.2 Å². The number of rotatable bonds is 4. The summed E-state index contributed by atoms with van der Waals surface area (Å²) in [6.07, 6.45) is 10.3. The summed E-state index contributed by atoms with van der Waals surface area (Å²) in [6, 6.07) is 6.41. The van der Waals surface area contributed by atoms with Gasteiger partial charge in [0.25, 0.3) is 0 Å². The molecule has 5 rings (SSSR count). The lowest BCUT2D eigenvalue weighted by Gasteiger charge is -2.52. The normalized spacial score (nSPS) is 26.8. The van der Waals surface area contributed by atoms with Crippen LogP contribution >= 0.6 is 0 Å². The summed E-state index contributed by atoms with van der Waals surface area (Å²) in [7, 11) is 0. The van der Waals surface area contributed by atoms with Crippen molar-refractivity contribution < 1.29 is 28.8 Å². The summed E-state index contributed by atoms with van der Waals surface area (Å²) in [5.74, 6) is 1.40. The number of fused-ring (bicyclic) bond motifs is 1. The number of benzene rings is 1. The highest BCUT2D eigenvalue weighted by atomic mass is 16.9. The van der Waals surface area contributed by atoms with Gasteiger partial charge in [0, 0.05) is 30.4 Å². The van der Waals surface area contributed by atoms with Gasteiger partial charge in [-0.2, -0.15) is 0 Å². The second-order valence-corrected chi connectivity index (χ2v) is 9.65. The molecule has 1 aromatic rings. The summed E-state index contributed by atoms with van der Waals surface area (Å²) in [5.41, 5.74) is 1.60. The molecular formula is C25H35NO6. The molecule has 2 saturated carbocycles. The first kappa shape index (κ1) is 21.8. The van der Waals surface area contributed by atoms with Gasteiger partial charge < -0.3 is 24.2 Å². The van der Waals surface area contributed by atoms with Crippen LogP contribution in [-0.2, 0) is 19.8 Å². The maximum absolute atomic E-state index is 11.5. The average Bonchev–Trinajstić information content (AvgIpc) is 2.84. The first-order valence-corrected chi connectivity index (χ1v) is 12.4. The highest BCUT2D eigenvalue weighted by Crippen LogP contribution is 2.56. The highest BCUT2D eigenvalue weighted by molar-refractivity contribution is 5.58. The molecule has 7 heteroatoms. The largest absolute Gasteiger partial charge is 0.510 e. The molecule has 1 N–H and O–H groups in total. The molecule has 2 aliphatic heterocycles. The summed E-state index contributed by atoms with van der Waals surface area (Å²) in [5, 5.41) is 9.36. The zero-order valence-electron chi connectivity index (χ0n) is 18.8. The fourth-order valence-corrected chi connectivity index (χ4v) is 6.46. The second-order valence-electron chi connectivity index (χ2n) is 9.65. The Labute approximate surface area is 190 Å². The fourth-order valence-electron chi connectivity index (χ4n) is 6.46. The van der Waals surface area contributed by atoms with E-state index in [9.17, 15) is 9.90 Å². The van der Waals surface area contributed by atoms with Crippen molar-refractivity contribution in [3.63, 3.8) is 0 Å². The molecular weight excluding hydrogens is 410 g/mol. The highest BCUT2D eigenvalue weighted by Gasteiger charge is 2.54. The molecule has 0 aromatic heterocycles. The van der Waals surface area contributed by atoms with Crippen molar-refractivity contribution >= 4 is 11.8 Å². The lowest BCUT2D eigenvalue weighted by Crippen LogP contribution is -2.53. The minimum atomic E-state index is -1.37. The summed E-state index contributed by atoms with van der Waals surface area (Å²) in [4.78, 5) is 13.7. The molecule has 4 aliphatic rings. The van der Waals surface area contributed by atoms with Crippen molar-refractivity contribution in [1.82, 2.24) is 0 Å². The van der Waals surface area contributed by atoms with Gasteiger partial charge in [-0.3, -0.25) is 4.74 Å². The number of hydrogen-bond acceptors (Lipinski definition) is 6. The molecule has 176 valence electrons. The number of anilines is 1. The van der Waals surface area contributed by atoms with Crippen LogP contribution in [0.25, 0.3) is 0 Å². The van der Waals surface area contributed by atoms with Crippen LogP contribution in [0.1, 0.15) is 69.8 Å². The van der Waals surface area contributed by atoms with E-state index in [-0.39, 0.29) is 0 Å². The SMILES string of the molecule is O=C(O)OC1Oc2cc(N3CCOCC3)ccc2C(C2CCCCC2)(C2CCCCC2)O1. The lowest BCUT2D eigenvalue weighted by molar-refractivity contribution is -0.324. The van der Waals surface area contributed by atoms with Crippen LogP contribution in [0.3, 0.4) is 0 Å². The average molecular weight is 446 g/mol. The summed E-state index contributed by atoms with van der Waals surface area (Å²) in [6.45, 7) is 1.85. The quantitative estimate of drug-likeness (QED) is 0.633. The molecule has 0 amide bonds. The molecule has 32 heavy (non-hydrogen) atoms. The van der Waals surface area contributed by atoms with Crippen LogP contribution in [-0.4, -0.2) is 44.0 Å². The van der Waals surface area contributed by atoms with E-state index in [2.05, 4.69) is 23.1 Å². The number of ether oxygens (including phenoxy) is 4. The van der Waals surface area contributed by atoms with Gasteiger partial charge >= 0.3 is 12.6 Å². The Morgan fingerprint density at radius 1 is 0.969 bits per heavy atom. The van der Waals surface area contributed by atoms with Crippen molar-refractivity contribution in [3.05, 3.63) is 23.8 Å².